The monoisotopic (exact) mass is 325 g/mol. The number of aliphatic carboxylic acids is 1. The first-order valence-corrected chi connectivity index (χ1v) is 8.57. The summed E-state index contributed by atoms with van der Waals surface area (Å²) < 4.78 is 0. The Labute approximate surface area is 144 Å². The number of hydrogen-bond donors (Lipinski definition) is 2. The van der Waals surface area contributed by atoms with Gasteiger partial charge in [-0.05, 0) is 43.4 Å². The van der Waals surface area contributed by atoms with Crippen molar-refractivity contribution in [3.63, 3.8) is 0 Å². The summed E-state index contributed by atoms with van der Waals surface area (Å²) in [5.74, 6) is -1.10. The zero-order chi connectivity index (χ0) is 17.5. The second-order valence-electron chi connectivity index (χ2n) is 6.67. The van der Waals surface area contributed by atoms with Crippen molar-refractivity contribution in [3.05, 3.63) is 71.3 Å². The van der Waals surface area contributed by atoms with Gasteiger partial charge in [0.15, 0.2) is 0 Å². The third-order valence-corrected chi connectivity index (χ3v) is 4.33. The lowest BCUT2D eigenvalue weighted by Crippen LogP contribution is -2.30. The van der Waals surface area contributed by atoms with Crippen LogP contribution in [0, 0.1) is 5.92 Å². The highest BCUT2D eigenvalue weighted by Crippen LogP contribution is 2.15. The van der Waals surface area contributed by atoms with Crippen molar-refractivity contribution in [3.8, 4) is 0 Å². The normalized spacial score (nSPS) is 14.8. The van der Waals surface area contributed by atoms with E-state index in [1.165, 1.54) is 11.1 Å². The number of benzene rings is 2. The van der Waals surface area contributed by atoms with Gasteiger partial charge in [0.1, 0.15) is 0 Å². The molecule has 128 valence electrons. The van der Waals surface area contributed by atoms with Crippen LogP contribution in [0.3, 0.4) is 0 Å². The Balaban J connectivity index is 1.94. The molecule has 2 aromatic carbocycles. The number of hydrogen-bond acceptors (Lipinski definition) is 2. The molecule has 0 aromatic heterocycles. The van der Waals surface area contributed by atoms with Crippen LogP contribution in [0.5, 0.6) is 0 Å². The Morgan fingerprint density at radius 1 is 0.958 bits per heavy atom. The first kappa shape index (κ1) is 18.2. The fourth-order valence-electron chi connectivity index (χ4n) is 3.00. The molecule has 1 unspecified atom stereocenters. The van der Waals surface area contributed by atoms with Gasteiger partial charge < -0.3 is 10.4 Å². The van der Waals surface area contributed by atoms with Crippen molar-refractivity contribution in [1.29, 1.82) is 0 Å². The molecule has 0 radical (unpaired) electrons. The van der Waals surface area contributed by atoms with E-state index in [1.54, 1.807) is 6.92 Å². The largest absolute Gasteiger partial charge is 0.481 e. The Kier molecular flexibility index (Phi) is 6.56. The van der Waals surface area contributed by atoms with Crippen LogP contribution in [-0.2, 0) is 17.6 Å². The van der Waals surface area contributed by atoms with Crippen LogP contribution in [0.2, 0.25) is 0 Å². The summed E-state index contributed by atoms with van der Waals surface area (Å²) >= 11 is 0. The molecule has 0 aliphatic carbocycles. The van der Waals surface area contributed by atoms with Crippen molar-refractivity contribution in [2.24, 2.45) is 5.92 Å². The fraction of sp³-hybridized carbons (Fsp3) is 0.381. The van der Waals surface area contributed by atoms with Crippen LogP contribution in [0.1, 0.15) is 43.5 Å². The van der Waals surface area contributed by atoms with Crippen molar-refractivity contribution >= 4 is 5.97 Å². The molecule has 3 nitrogen and oxygen atoms in total. The summed E-state index contributed by atoms with van der Waals surface area (Å²) in [7, 11) is 0. The van der Waals surface area contributed by atoms with Gasteiger partial charge in [-0.15, -0.1) is 0 Å². The number of nitrogens with one attached hydrogen (secondary N) is 1. The van der Waals surface area contributed by atoms with Crippen molar-refractivity contribution in [1.82, 2.24) is 5.32 Å². The van der Waals surface area contributed by atoms with Gasteiger partial charge in [0.2, 0.25) is 0 Å². The van der Waals surface area contributed by atoms with Crippen LogP contribution in [0.15, 0.2) is 54.6 Å². The Morgan fingerprint density at radius 3 is 2.21 bits per heavy atom. The van der Waals surface area contributed by atoms with Crippen molar-refractivity contribution < 1.29 is 9.90 Å². The molecule has 0 heterocycles. The molecule has 0 spiro atoms. The Hall–Kier alpha value is -2.13. The van der Waals surface area contributed by atoms with E-state index in [0.29, 0.717) is 18.5 Å². The summed E-state index contributed by atoms with van der Waals surface area (Å²) in [5.41, 5.74) is 3.62. The van der Waals surface area contributed by atoms with Gasteiger partial charge in [0.25, 0.3) is 0 Å². The van der Waals surface area contributed by atoms with Crippen LogP contribution in [0.25, 0.3) is 0 Å². The van der Waals surface area contributed by atoms with E-state index in [2.05, 4.69) is 55.6 Å². The third-order valence-electron chi connectivity index (χ3n) is 4.33. The summed E-state index contributed by atoms with van der Waals surface area (Å²) in [6.07, 6.45) is 1.50. The molecule has 3 heteroatoms. The average molecular weight is 325 g/mol. The molecule has 0 saturated heterocycles. The van der Waals surface area contributed by atoms with Gasteiger partial charge in [-0.1, -0.05) is 61.5 Å². The van der Waals surface area contributed by atoms with Gasteiger partial charge in [-0.2, -0.15) is 0 Å². The predicted octanol–water partition coefficient (Wildman–Crippen LogP) is 4.23. The molecule has 2 rings (SSSR count). The van der Waals surface area contributed by atoms with E-state index in [1.807, 2.05) is 18.2 Å². The van der Waals surface area contributed by atoms with E-state index in [0.717, 1.165) is 12.0 Å². The maximum atomic E-state index is 11.0. The molecule has 0 saturated carbocycles. The highest BCUT2D eigenvalue weighted by atomic mass is 16.4. The minimum absolute atomic E-state index is 0.302. The van der Waals surface area contributed by atoms with Crippen molar-refractivity contribution in [2.45, 2.75) is 45.7 Å². The SMILES string of the molecule is CC(Cc1cccc(C[C@@H](C)N[C@H](C)c2ccccc2)c1)C(=O)O. The number of carbonyl (C=O) groups is 1. The second kappa shape index (κ2) is 8.65. The smallest absolute Gasteiger partial charge is 0.306 e. The second-order valence-corrected chi connectivity index (χ2v) is 6.67. The molecule has 3 atom stereocenters. The molecule has 2 aromatic rings. The minimum atomic E-state index is -0.743. The molecule has 0 fully saturated rings. The standard InChI is InChI=1S/C21H27NO2/c1-15(21(23)24)12-18-8-7-9-19(14-18)13-16(2)22-17(3)20-10-5-4-6-11-20/h4-11,14-17,22H,12-13H2,1-3H3,(H,23,24)/t15?,16-,17-/m1/s1. The maximum absolute atomic E-state index is 11.0. The zero-order valence-electron chi connectivity index (χ0n) is 14.7. The third kappa shape index (κ3) is 5.50. The number of carboxylic acids is 1. The van der Waals surface area contributed by atoms with Crippen LogP contribution in [-0.4, -0.2) is 17.1 Å². The van der Waals surface area contributed by atoms with E-state index in [4.69, 9.17) is 5.11 Å². The summed E-state index contributed by atoms with van der Waals surface area (Å²) in [6, 6.07) is 19.3. The molecule has 2 N–H and O–H groups in total. The number of carboxylic acid groups (broad SMARTS) is 1. The molecule has 24 heavy (non-hydrogen) atoms. The number of rotatable bonds is 8. The first-order chi connectivity index (χ1) is 11.5. The topological polar surface area (TPSA) is 49.3 Å². The van der Waals surface area contributed by atoms with E-state index < -0.39 is 5.97 Å². The fourth-order valence-corrected chi connectivity index (χ4v) is 3.00. The van der Waals surface area contributed by atoms with E-state index >= 15 is 0 Å². The van der Waals surface area contributed by atoms with Crippen LogP contribution >= 0.6 is 0 Å². The van der Waals surface area contributed by atoms with Gasteiger partial charge in [0.05, 0.1) is 5.92 Å². The maximum Gasteiger partial charge on any atom is 0.306 e. The molecule has 0 amide bonds. The lowest BCUT2D eigenvalue weighted by Gasteiger charge is -2.21. The Bertz CT molecular complexity index is 654. The molecular weight excluding hydrogens is 298 g/mol. The summed E-state index contributed by atoms with van der Waals surface area (Å²) in [6.45, 7) is 6.11. The lowest BCUT2D eigenvalue weighted by molar-refractivity contribution is -0.141. The highest BCUT2D eigenvalue weighted by molar-refractivity contribution is 5.69. The van der Waals surface area contributed by atoms with Gasteiger partial charge in [-0.3, -0.25) is 4.79 Å². The zero-order valence-corrected chi connectivity index (χ0v) is 14.7. The first-order valence-electron chi connectivity index (χ1n) is 8.57. The van der Waals surface area contributed by atoms with E-state index in [9.17, 15) is 4.79 Å². The van der Waals surface area contributed by atoms with E-state index in [-0.39, 0.29) is 5.92 Å². The Morgan fingerprint density at radius 2 is 1.58 bits per heavy atom. The minimum Gasteiger partial charge on any atom is -0.481 e. The van der Waals surface area contributed by atoms with Gasteiger partial charge in [0, 0.05) is 12.1 Å². The molecule has 0 aliphatic rings. The molecular formula is C21H27NO2. The van der Waals surface area contributed by atoms with Gasteiger partial charge >= 0.3 is 5.97 Å². The van der Waals surface area contributed by atoms with Crippen molar-refractivity contribution in [2.75, 3.05) is 0 Å². The van der Waals surface area contributed by atoms with Crippen LogP contribution < -0.4 is 5.32 Å². The molecule has 0 aliphatic heterocycles. The summed E-state index contributed by atoms with van der Waals surface area (Å²) in [4.78, 5) is 11.0. The van der Waals surface area contributed by atoms with Crippen LogP contribution in [0.4, 0.5) is 0 Å². The lowest BCUT2D eigenvalue weighted by atomic mass is 9.97. The molecule has 0 bridgehead atoms. The predicted molar refractivity (Wildman–Crippen MR) is 98.1 cm³/mol. The highest BCUT2D eigenvalue weighted by Gasteiger charge is 2.13. The quantitative estimate of drug-likeness (QED) is 0.763. The summed E-state index contributed by atoms with van der Waals surface area (Å²) in [5, 5.41) is 12.7. The average Bonchev–Trinajstić information content (AvgIpc) is 2.55. The van der Waals surface area contributed by atoms with Gasteiger partial charge in [-0.25, -0.2) is 0 Å².